The zero-order valence-corrected chi connectivity index (χ0v) is 18.0. The minimum absolute atomic E-state index is 0.219. The van der Waals surface area contributed by atoms with Gasteiger partial charge in [-0.15, -0.1) is 0 Å². The van der Waals surface area contributed by atoms with Crippen LogP contribution in [0.5, 0.6) is 11.5 Å². The molecule has 1 aliphatic rings. The molecule has 1 atom stereocenters. The number of carbonyl (C=O) groups excluding carboxylic acids is 1. The predicted molar refractivity (Wildman–Crippen MR) is 118 cm³/mol. The van der Waals surface area contributed by atoms with Gasteiger partial charge in [0.15, 0.2) is 16.6 Å². The molecule has 1 amide bonds. The maximum absolute atomic E-state index is 13.3. The summed E-state index contributed by atoms with van der Waals surface area (Å²) in [5.41, 5.74) is 5.00. The number of carbonyl (C=O) groups is 1. The van der Waals surface area contributed by atoms with Crippen LogP contribution in [-0.4, -0.2) is 25.2 Å². The molecule has 29 heavy (non-hydrogen) atoms. The fourth-order valence-corrected chi connectivity index (χ4v) is 3.66. The Hall–Kier alpha value is -3.06. The summed E-state index contributed by atoms with van der Waals surface area (Å²) < 4.78 is 11.0. The van der Waals surface area contributed by atoms with Crippen molar-refractivity contribution in [3.05, 3.63) is 64.4 Å². The lowest BCUT2D eigenvalue weighted by molar-refractivity contribution is -0.113. The summed E-state index contributed by atoms with van der Waals surface area (Å²) in [4.78, 5) is 13.3. The van der Waals surface area contributed by atoms with E-state index in [1.807, 2.05) is 57.2 Å². The molecule has 152 valence electrons. The molecule has 0 fully saturated rings. The molecule has 2 aromatic rings. The second kappa shape index (κ2) is 8.53. The van der Waals surface area contributed by atoms with E-state index >= 15 is 0 Å². The molecule has 6 nitrogen and oxygen atoms in total. The molecule has 1 aliphatic heterocycles. The molecule has 2 aromatic carbocycles. The van der Waals surface area contributed by atoms with Gasteiger partial charge >= 0.3 is 0 Å². The quantitative estimate of drug-likeness (QED) is 0.651. The zero-order chi connectivity index (χ0) is 21.1. The van der Waals surface area contributed by atoms with Gasteiger partial charge in [0.05, 0.1) is 25.8 Å². The number of thiocarbonyl (C=S) groups is 1. The van der Waals surface area contributed by atoms with Crippen LogP contribution in [0.2, 0.25) is 0 Å². The number of hydrogen-bond donors (Lipinski definition) is 3. The largest absolute Gasteiger partial charge is 0.493 e. The van der Waals surface area contributed by atoms with Gasteiger partial charge in [0.2, 0.25) is 0 Å². The van der Waals surface area contributed by atoms with Crippen molar-refractivity contribution in [3.63, 3.8) is 0 Å². The maximum atomic E-state index is 13.3. The van der Waals surface area contributed by atoms with Crippen LogP contribution in [0.1, 0.15) is 29.7 Å². The topological polar surface area (TPSA) is 71.6 Å². The zero-order valence-electron chi connectivity index (χ0n) is 17.2. The molecule has 0 unspecified atom stereocenters. The minimum Gasteiger partial charge on any atom is -0.493 e. The number of anilines is 1. The number of nitrogens with one attached hydrogen (secondary N) is 3. The Bertz CT molecular complexity index is 1000. The Labute approximate surface area is 176 Å². The van der Waals surface area contributed by atoms with E-state index in [0.717, 1.165) is 16.8 Å². The van der Waals surface area contributed by atoms with Crippen LogP contribution in [0.4, 0.5) is 5.69 Å². The van der Waals surface area contributed by atoms with Gasteiger partial charge < -0.3 is 25.4 Å². The van der Waals surface area contributed by atoms with Crippen LogP contribution in [0.25, 0.3) is 0 Å². The average molecular weight is 412 g/mol. The number of aryl methyl sites for hydroxylation is 2. The Morgan fingerprint density at radius 1 is 1.07 bits per heavy atom. The second-order valence-corrected chi connectivity index (χ2v) is 7.31. The molecule has 3 rings (SSSR count). The van der Waals surface area contributed by atoms with Crippen molar-refractivity contribution in [3.8, 4) is 11.5 Å². The first kappa shape index (κ1) is 20.7. The van der Waals surface area contributed by atoms with Crippen molar-refractivity contribution in [1.29, 1.82) is 0 Å². The maximum Gasteiger partial charge on any atom is 0.255 e. The Morgan fingerprint density at radius 2 is 1.83 bits per heavy atom. The van der Waals surface area contributed by atoms with Gasteiger partial charge in [0.25, 0.3) is 5.91 Å². The van der Waals surface area contributed by atoms with Crippen LogP contribution in [0.3, 0.4) is 0 Å². The number of methoxy groups -OCH3 is 2. The van der Waals surface area contributed by atoms with E-state index in [2.05, 4.69) is 16.0 Å². The third-order valence-electron chi connectivity index (χ3n) is 5.02. The Balaban J connectivity index is 2.02. The van der Waals surface area contributed by atoms with Gasteiger partial charge in [-0.2, -0.15) is 0 Å². The van der Waals surface area contributed by atoms with Crippen molar-refractivity contribution in [2.24, 2.45) is 0 Å². The van der Waals surface area contributed by atoms with E-state index in [4.69, 9.17) is 21.7 Å². The molecule has 0 spiro atoms. The fraction of sp³-hybridized carbons (Fsp3) is 0.273. The molecule has 0 saturated heterocycles. The lowest BCUT2D eigenvalue weighted by Crippen LogP contribution is -2.45. The number of hydrogen-bond acceptors (Lipinski definition) is 4. The third-order valence-corrected chi connectivity index (χ3v) is 5.24. The van der Waals surface area contributed by atoms with Crippen LogP contribution < -0.4 is 25.4 Å². The number of allylic oxidation sites excluding steroid dienone is 1. The highest BCUT2D eigenvalue weighted by atomic mass is 32.1. The summed E-state index contributed by atoms with van der Waals surface area (Å²) in [6.45, 7) is 5.89. The van der Waals surface area contributed by atoms with Crippen molar-refractivity contribution < 1.29 is 14.3 Å². The predicted octanol–water partition coefficient (Wildman–Crippen LogP) is 3.75. The summed E-state index contributed by atoms with van der Waals surface area (Å²) in [7, 11) is 3.16. The molecule has 0 aromatic heterocycles. The van der Waals surface area contributed by atoms with Crippen molar-refractivity contribution in [2.75, 3.05) is 19.5 Å². The highest BCUT2D eigenvalue weighted by Crippen LogP contribution is 2.39. The number of benzene rings is 2. The summed E-state index contributed by atoms with van der Waals surface area (Å²) in [6, 6.07) is 10.9. The monoisotopic (exact) mass is 411 g/mol. The van der Waals surface area contributed by atoms with Crippen LogP contribution in [-0.2, 0) is 4.79 Å². The summed E-state index contributed by atoms with van der Waals surface area (Å²) in [5, 5.41) is 9.68. The highest BCUT2D eigenvalue weighted by Gasteiger charge is 2.32. The molecule has 0 radical (unpaired) electrons. The number of para-hydroxylation sites is 1. The lowest BCUT2D eigenvalue weighted by atomic mass is 9.93. The molecule has 0 aliphatic carbocycles. The summed E-state index contributed by atoms with van der Waals surface area (Å²) >= 11 is 5.34. The lowest BCUT2D eigenvalue weighted by Gasteiger charge is -2.31. The van der Waals surface area contributed by atoms with Crippen LogP contribution >= 0.6 is 12.2 Å². The van der Waals surface area contributed by atoms with E-state index in [1.54, 1.807) is 14.2 Å². The first-order valence-electron chi connectivity index (χ1n) is 9.23. The fourth-order valence-electron chi connectivity index (χ4n) is 3.39. The standard InChI is InChI=1S/C22H25N3O3S/c1-12-9-10-15(11-13(12)2)24-21(26)18-14(3)23-22(29)25-19(18)16-7-6-8-17(27-4)20(16)28-5/h6-11,19H,1-5H3,(H,24,26)(H2,23,25,29)/t19-/m0/s1. The van der Waals surface area contributed by atoms with Gasteiger partial charge in [-0.25, -0.2) is 0 Å². The molecular formula is C22H25N3O3S. The molecule has 0 bridgehead atoms. The van der Waals surface area contributed by atoms with Gasteiger partial charge in [-0.05, 0) is 62.3 Å². The van der Waals surface area contributed by atoms with Gasteiger partial charge in [0.1, 0.15) is 0 Å². The number of rotatable bonds is 5. The highest BCUT2D eigenvalue weighted by molar-refractivity contribution is 7.80. The molecule has 3 N–H and O–H groups in total. The molecule has 0 saturated carbocycles. The van der Waals surface area contributed by atoms with Crippen LogP contribution in [0.15, 0.2) is 47.7 Å². The minimum atomic E-state index is -0.486. The summed E-state index contributed by atoms with van der Waals surface area (Å²) in [5.74, 6) is 0.924. The summed E-state index contributed by atoms with van der Waals surface area (Å²) in [6.07, 6.45) is 0. The van der Waals surface area contributed by atoms with Gasteiger partial charge in [-0.1, -0.05) is 18.2 Å². The van der Waals surface area contributed by atoms with E-state index in [0.29, 0.717) is 27.9 Å². The average Bonchev–Trinajstić information content (AvgIpc) is 2.69. The first-order valence-corrected chi connectivity index (χ1v) is 9.64. The Kier molecular flexibility index (Phi) is 6.08. The van der Waals surface area contributed by atoms with E-state index in [9.17, 15) is 4.79 Å². The number of amides is 1. The second-order valence-electron chi connectivity index (χ2n) is 6.91. The van der Waals surface area contributed by atoms with Crippen molar-refractivity contribution in [2.45, 2.75) is 26.8 Å². The van der Waals surface area contributed by atoms with Gasteiger partial charge in [-0.3, -0.25) is 4.79 Å². The van der Waals surface area contributed by atoms with Crippen molar-refractivity contribution in [1.82, 2.24) is 10.6 Å². The van der Waals surface area contributed by atoms with Crippen LogP contribution in [0, 0.1) is 13.8 Å². The van der Waals surface area contributed by atoms with E-state index < -0.39 is 6.04 Å². The third kappa shape index (κ3) is 4.19. The number of ether oxygens (including phenoxy) is 2. The van der Waals surface area contributed by atoms with E-state index in [1.165, 1.54) is 5.56 Å². The molecule has 7 heteroatoms. The Morgan fingerprint density at radius 3 is 2.48 bits per heavy atom. The smallest absolute Gasteiger partial charge is 0.255 e. The normalized spacial score (nSPS) is 16.0. The molecular weight excluding hydrogens is 386 g/mol. The molecule has 1 heterocycles. The SMILES string of the molecule is COc1cccc([C@@H]2NC(=S)NC(C)=C2C(=O)Nc2ccc(C)c(C)c2)c1OC. The van der Waals surface area contributed by atoms with Gasteiger partial charge in [0, 0.05) is 16.9 Å². The van der Waals surface area contributed by atoms with Crippen molar-refractivity contribution >= 4 is 28.9 Å². The van der Waals surface area contributed by atoms with E-state index in [-0.39, 0.29) is 5.91 Å². The first-order chi connectivity index (χ1) is 13.8.